The van der Waals surface area contributed by atoms with E-state index in [9.17, 15) is 39.5 Å². The van der Waals surface area contributed by atoms with Gasteiger partial charge in [-0.1, -0.05) is 6.55 Å². The zero-order valence-electron chi connectivity index (χ0n) is 8.77. The Morgan fingerprint density at radius 2 is 1.22 bits per heavy atom. The number of hydrogen-bond donors (Lipinski definition) is 0. The summed E-state index contributed by atoms with van der Waals surface area (Å²) in [6.45, 7) is 1.25. The average Bonchev–Trinajstić information content (AvgIpc) is 2.12. The second kappa shape index (κ2) is 5.10. The number of hydrogen-bond acceptors (Lipinski definition) is 0. The minimum absolute atomic E-state index is 0.696. The van der Waals surface area contributed by atoms with Gasteiger partial charge in [-0.25, -0.2) is 0 Å². The lowest BCUT2D eigenvalue weighted by molar-refractivity contribution is -0.396. The van der Waals surface area contributed by atoms with Crippen molar-refractivity contribution in [1.82, 2.24) is 0 Å². The molecule has 0 bridgehead atoms. The Morgan fingerprint density at radius 3 is 1.50 bits per heavy atom. The first kappa shape index (κ1) is 17.9. The third kappa shape index (κ3) is 3.25. The molecule has 0 saturated carbocycles. The maximum atomic E-state index is 12.8. The molecule has 0 aromatic rings. The van der Waals surface area contributed by atoms with Gasteiger partial charge < -0.3 is 0 Å². The van der Waals surface area contributed by atoms with Crippen LogP contribution in [0.1, 0.15) is 6.42 Å². The van der Waals surface area contributed by atoms with Crippen molar-refractivity contribution >= 4 is 19.2 Å². The highest BCUT2D eigenvalue weighted by Gasteiger charge is 2.81. The van der Waals surface area contributed by atoms with E-state index in [1.54, 1.807) is 0 Å². The Morgan fingerprint density at radius 1 is 0.833 bits per heavy atom. The fraction of sp³-hybridized carbons (Fsp3) is 1.00. The molecule has 0 N–H and O–H groups in total. The van der Waals surface area contributed by atoms with Crippen LogP contribution in [0.3, 0.4) is 0 Å². The Bertz CT molecular complexity index is 285. The van der Waals surface area contributed by atoms with Crippen LogP contribution in [0.5, 0.6) is 0 Å². The summed E-state index contributed by atoms with van der Waals surface area (Å²) in [6.07, 6.45) is -8.58. The average molecular weight is 327 g/mol. The fourth-order valence-corrected chi connectivity index (χ4v) is 2.03. The molecule has 0 spiro atoms. The Kier molecular flexibility index (Phi) is 5.07. The minimum atomic E-state index is -6.80. The van der Waals surface area contributed by atoms with E-state index in [-0.39, 0.29) is 0 Å². The van der Waals surface area contributed by atoms with Gasteiger partial charge in [-0.05, 0) is 6.04 Å². The Hall–Kier alpha value is -0.123. The molecule has 0 rings (SSSR count). The van der Waals surface area contributed by atoms with E-state index in [0.29, 0.717) is 0 Å². The van der Waals surface area contributed by atoms with Crippen LogP contribution < -0.4 is 0 Å². The predicted molar refractivity (Wildman–Crippen MR) is 49.2 cm³/mol. The molecule has 1 atom stereocenters. The van der Waals surface area contributed by atoms with Crippen LogP contribution in [0.2, 0.25) is 12.6 Å². The molecule has 0 aliphatic heterocycles. The van der Waals surface area contributed by atoms with Gasteiger partial charge in [-0.15, -0.1) is 0 Å². The van der Waals surface area contributed by atoms with Crippen LogP contribution in [0.4, 0.5) is 39.5 Å². The zero-order valence-corrected chi connectivity index (χ0v) is 10.7. The molecule has 0 saturated heterocycles. The van der Waals surface area contributed by atoms with E-state index in [1.165, 1.54) is 6.55 Å². The van der Waals surface area contributed by atoms with Gasteiger partial charge in [0.25, 0.3) is 0 Å². The molecule has 11 heteroatoms. The van der Waals surface area contributed by atoms with E-state index in [2.05, 4.69) is 0 Å². The van der Waals surface area contributed by atoms with Gasteiger partial charge >= 0.3 is 23.9 Å². The van der Waals surface area contributed by atoms with Gasteiger partial charge in [0, 0.05) is 6.42 Å². The van der Waals surface area contributed by atoms with Crippen LogP contribution in [0.15, 0.2) is 0 Å². The van der Waals surface area contributed by atoms with Gasteiger partial charge in [-0.3, -0.25) is 0 Å². The Balaban J connectivity index is 5.23. The van der Waals surface area contributed by atoms with Crippen molar-refractivity contribution < 1.29 is 39.5 Å². The van der Waals surface area contributed by atoms with Crippen molar-refractivity contribution in [3.63, 3.8) is 0 Å². The van der Waals surface area contributed by atoms with Crippen molar-refractivity contribution in [2.24, 2.45) is 0 Å². The first-order valence-electron chi connectivity index (χ1n) is 4.51. The number of alkyl halides is 9. The van der Waals surface area contributed by atoms with Crippen LogP contribution in [-0.4, -0.2) is 32.1 Å². The van der Waals surface area contributed by atoms with Gasteiger partial charge in [0.15, 0.2) is 0 Å². The monoisotopic (exact) mass is 326 g/mol. The van der Waals surface area contributed by atoms with Crippen LogP contribution >= 0.6 is 11.1 Å². The van der Waals surface area contributed by atoms with E-state index in [0.717, 1.165) is 0 Å². The summed E-state index contributed by atoms with van der Waals surface area (Å²) < 4.78 is 111. The summed E-state index contributed by atoms with van der Waals surface area (Å²) in [6, 6.07) is -0.696. The molecular weight excluding hydrogens is 319 g/mol. The van der Waals surface area contributed by atoms with E-state index < -0.39 is 44.5 Å². The van der Waals surface area contributed by atoms with Crippen molar-refractivity contribution in [2.45, 2.75) is 43.0 Å². The molecule has 18 heavy (non-hydrogen) atoms. The van der Waals surface area contributed by atoms with Gasteiger partial charge in [0.1, 0.15) is 8.11 Å². The minimum Gasteiger partial charge on any atom is -0.200 e. The van der Waals surface area contributed by atoms with E-state index in [4.69, 9.17) is 11.1 Å². The largest absolute Gasteiger partial charge is 0.460 e. The molecule has 0 aromatic carbocycles. The highest BCUT2D eigenvalue weighted by molar-refractivity contribution is 7.06. The highest BCUT2D eigenvalue weighted by Crippen LogP contribution is 2.54. The van der Waals surface area contributed by atoms with E-state index in [1.807, 2.05) is 0 Å². The summed E-state index contributed by atoms with van der Waals surface area (Å²) >= 11 is 5.29. The summed E-state index contributed by atoms with van der Waals surface area (Å²) in [5, 5.41) is 0. The van der Waals surface area contributed by atoms with Gasteiger partial charge in [0.2, 0.25) is 0 Å². The summed E-state index contributed by atoms with van der Waals surface area (Å²) in [5.74, 6) is -18.8. The highest BCUT2D eigenvalue weighted by atomic mass is 35.6. The molecule has 110 valence electrons. The summed E-state index contributed by atoms with van der Waals surface area (Å²) in [7, 11) is -2.31. The number of rotatable bonds is 5. The molecule has 0 amide bonds. The first-order chi connectivity index (χ1) is 7.67. The maximum absolute atomic E-state index is 12.8. The van der Waals surface area contributed by atoms with Crippen LogP contribution in [0, 0.1) is 0 Å². The molecule has 0 nitrogen and oxygen atoms in total. The molecule has 0 aromatic heterocycles. The molecule has 0 heterocycles. The Labute approximate surface area is 102 Å². The quantitative estimate of drug-likeness (QED) is 0.398. The van der Waals surface area contributed by atoms with Crippen molar-refractivity contribution in [3.05, 3.63) is 0 Å². The zero-order chi connectivity index (χ0) is 15.0. The van der Waals surface area contributed by atoms with Crippen LogP contribution in [0.25, 0.3) is 0 Å². The molecular formula is C7H8ClF9Si. The second-order valence-corrected chi connectivity index (χ2v) is 8.04. The van der Waals surface area contributed by atoms with Gasteiger partial charge in [0.05, 0.1) is 0 Å². The molecule has 0 radical (unpaired) electrons. The smallest absolute Gasteiger partial charge is 0.200 e. The molecule has 0 aliphatic carbocycles. The maximum Gasteiger partial charge on any atom is 0.460 e. The predicted octanol–water partition coefficient (Wildman–Crippen LogP) is 4.44. The standard InChI is InChI=1S/C7H8ClF9Si/c1-18(8)3-2-4(9,10)5(11,12)6(13,14)7(15,16)17/h18H,2-3H2,1H3. The SMILES string of the molecule is C[SiH](Cl)CCC(F)(F)C(F)(F)C(F)(F)C(F)(F)F. The normalized spacial score (nSPS) is 16.8. The molecule has 1 unspecified atom stereocenters. The van der Waals surface area contributed by atoms with Gasteiger partial charge in [-0.2, -0.15) is 50.6 Å². The van der Waals surface area contributed by atoms with Crippen molar-refractivity contribution in [1.29, 1.82) is 0 Å². The third-order valence-corrected chi connectivity index (χ3v) is 3.80. The first-order valence-corrected chi connectivity index (χ1v) is 8.23. The van der Waals surface area contributed by atoms with Crippen LogP contribution in [-0.2, 0) is 0 Å². The number of halogens is 10. The molecule has 0 fully saturated rings. The second-order valence-electron chi connectivity index (χ2n) is 3.67. The lowest BCUT2D eigenvalue weighted by atomic mass is 10.0. The summed E-state index contributed by atoms with van der Waals surface area (Å²) in [5.41, 5.74) is 0. The lowest BCUT2D eigenvalue weighted by Gasteiger charge is -2.33. The third-order valence-electron chi connectivity index (χ3n) is 2.07. The summed E-state index contributed by atoms with van der Waals surface area (Å²) in [4.78, 5) is 0. The van der Waals surface area contributed by atoms with E-state index >= 15 is 0 Å². The lowest BCUT2D eigenvalue weighted by Crippen LogP contribution is -2.60. The fourth-order valence-electron chi connectivity index (χ4n) is 0.945. The van der Waals surface area contributed by atoms with Crippen molar-refractivity contribution in [3.8, 4) is 0 Å². The molecule has 0 aliphatic rings. The van der Waals surface area contributed by atoms with Crippen molar-refractivity contribution in [2.75, 3.05) is 0 Å². The topological polar surface area (TPSA) is 0 Å².